The largest absolute Gasteiger partial charge is 0.398 e. The highest BCUT2D eigenvalue weighted by Crippen LogP contribution is 2.26. The van der Waals surface area contributed by atoms with Crippen molar-refractivity contribution in [3.63, 3.8) is 0 Å². The smallest absolute Gasteiger partial charge is 0.0911 e. The van der Waals surface area contributed by atoms with E-state index in [4.69, 9.17) is 17.3 Å². The predicted octanol–water partition coefficient (Wildman–Crippen LogP) is 2.78. The van der Waals surface area contributed by atoms with Crippen molar-refractivity contribution < 1.29 is 0 Å². The van der Waals surface area contributed by atoms with Gasteiger partial charge >= 0.3 is 0 Å². The lowest BCUT2D eigenvalue weighted by Gasteiger charge is -2.03. The van der Waals surface area contributed by atoms with Crippen molar-refractivity contribution in [1.82, 2.24) is 4.98 Å². The first kappa shape index (κ1) is 8.32. The van der Waals surface area contributed by atoms with Crippen molar-refractivity contribution in [3.8, 4) is 0 Å². The Morgan fingerprint density at radius 1 is 1.23 bits per heavy atom. The van der Waals surface area contributed by atoms with Crippen molar-refractivity contribution in [2.45, 2.75) is 6.92 Å². The molecule has 3 heteroatoms. The van der Waals surface area contributed by atoms with Crippen LogP contribution >= 0.6 is 11.6 Å². The number of fused-ring (bicyclic) bond motifs is 1. The highest BCUT2D eigenvalue weighted by molar-refractivity contribution is 6.35. The summed E-state index contributed by atoms with van der Waals surface area (Å²) in [6, 6.07) is 7.43. The standard InChI is InChI=1S/C10H9ClN2/c1-6-2-3-7-9(12)5-4-8(11)10(7)13-6/h2-5H,12H2,1H3. The average Bonchev–Trinajstić information content (AvgIpc) is 2.12. The molecule has 0 unspecified atom stereocenters. The SMILES string of the molecule is Cc1ccc2c(N)ccc(Cl)c2n1. The zero-order valence-electron chi connectivity index (χ0n) is 7.21. The summed E-state index contributed by atoms with van der Waals surface area (Å²) in [6.07, 6.45) is 0. The minimum atomic E-state index is 0.646. The second-order valence-electron chi connectivity index (χ2n) is 2.99. The number of halogens is 1. The third-order valence-electron chi connectivity index (χ3n) is 1.98. The molecule has 0 aliphatic rings. The lowest BCUT2D eigenvalue weighted by Crippen LogP contribution is -1.90. The van der Waals surface area contributed by atoms with Crippen LogP contribution in [0.2, 0.25) is 5.02 Å². The predicted molar refractivity (Wildman–Crippen MR) is 55.9 cm³/mol. The van der Waals surface area contributed by atoms with E-state index in [0.717, 1.165) is 16.6 Å². The molecule has 66 valence electrons. The molecule has 0 radical (unpaired) electrons. The third-order valence-corrected chi connectivity index (χ3v) is 2.29. The van der Waals surface area contributed by atoms with Gasteiger partial charge in [0.2, 0.25) is 0 Å². The Balaban J connectivity index is 2.92. The Morgan fingerprint density at radius 2 is 2.00 bits per heavy atom. The molecule has 0 spiro atoms. The summed E-state index contributed by atoms with van der Waals surface area (Å²) in [5.41, 5.74) is 8.22. The molecule has 2 nitrogen and oxygen atoms in total. The highest BCUT2D eigenvalue weighted by Gasteiger charge is 2.03. The number of pyridine rings is 1. The third kappa shape index (κ3) is 1.33. The van der Waals surface area contributed by atoms with Crippen LogP contribution < -0.4 is 5.73 Å². The van der Waals surface area contributed by atoms with Crippen LogP contribution in [0.1, 0.15) is 5.69 Å². The number of anilines is 1. The maximum atomic E-state index is 5.98. The van der Waals surface area contributed by atoms with Crippen molar-refractivity contribution >= 4 is 28.2 Å². The molecule has 2 aromatic rings. The summed E-state index contributed by atoms with van der Waals surface area (Å²) in [6.45, 7) is 1.93. The van der Waals surface area contributed by atoms with E-state index in [2.05, 4.69) is 4.98 Å². The van der Waals surface area contributed by atoms with E-state index in [-0.39, 0.29) is 0 Å². The minimum absolute atomic E-state index is 0.646. The van der Waals surface area contributed by atoms with Gasteiger partial charge in [-0.2, -0.15) is 0 Å². The molecule has 0 amide bonds. The van der Waals surface area contributed by atoms with Gasteiger partial charge in [0.15, 0.2) is 0 Å². The van der Waals surface area contributed by atoms with Gasteiger partial charge < -0.3 is 5.73 Å². The molecule has 0 saturated carbocycles. The number of aryl methyl sites for hydroxylation is 1. The first-order valence-electron chi connectivity index (χ1n) is 4.00. The van der Waals surface area contributed by atoms with E-state index in [1.165, 1.54) is 0 Å². The molecule has 0 aliphatic heterocycles. The van der Waals surface area contributed by atoms with Crippen molar-refractivity contribution in [2.75, 3.05) is 5.73 Å². The second kappa shape index (κ2) is 2.89. The van der Waals surface area contributed by atoms with Gasteiger partial charge in [0.05, 0.1) is 10.5 Å². The van der Waals surface area contributed by atoms with Crippen LogP contribution in [0.4, 0.5) is 5.69 Å². The van der Waals surface area contributed by atoms with E-state index >= 15 is 0 Å². The van der Waals surface area contributed by atoms with Crippen molar-refractivity contribution in [2.24, 2.45) is 0 Å². The number of nitrogens with zero attached hydrogens (tertiary/aromatic N) is 1. The molecule has 2 N–H and O–H groups in total. The average molecular weight is 193 g/mol. The maximum absolute atomic E-state index is 5.98. The van der Waals surface area contributed by atoms with E-state index in [9.17, 15) is 0 Å². The summed E-state index contributed by atoms with van der Waals surface area (Å²) in [7, 11) is 0. The van der Waals surface area contributed by atoms with Gasteiger partial charge in [-0.1, -0.05) is 11.6 Å². The van der Waals surface area contributed by atoms with Crippen LogP contribution in [-0.2, 0) is 0 Å². The number of rotatable bonds is 0. The molecule has 1 aromatic carbocycles. The molecule has 0 atom stereocenters. The summed E-state index contributed by atoms with van der Waals surface area (Å²) < 4.78 is 0. The molecule has 0 aliphatic carbocycles. The summed E-state index contributed by atoms with van der Waals surface area (Å²) >= 11 is 5.98. The van der Waals surface area contributed by atoms with Crippen molar-refractivity contribution in [3.05, 3.63) is 35.0 Å². The summed E-state index contributed by atoms with van der Waals surface area (Å²) in [5.74, 6) is 0. The fourth-order valence-electron chi connectivity index (χ4n) is 1.30. The lowest BCUT2D eigenvalue weighted by molar-refractivity contribution is 1.26. The van der Waals surface area contributed by atoms with E-state index in [1.54, 1.807) is 12.1 Å². The molecule has 0 fully saturated rings. The zero-order chi connectivity index (χ0) is 9.42. The first-order chi connectivity index (χ1) is 6.18. The van der Waals surface area contributed by atoms with Gasteiger partial charge in [0.1, 0.15) is 0 Å². The Labute approximate surface area is 81.3 Å². The summed E-state index contributed by atoms with van der Waals surface area (Å²) in [4.78, 5) is 4.32. The molecular weight excluding hydrogens is 184 g/mol. The van der Waals surface area contributed by atoms with Gasteiger partial charge in [0, 0.05) is 16.8 Å². The molecule has 13 heavy (non-hydrogen) atoms. The fraction of sp³-hybridized carbons (Fsp3) is 0.100. The zero-order valence-corrected chi connectivity index (χ0v) is 7.97. The number of hydrogen-bond acceptors (Lipinski definition) is 2. The summed E-state index contributed by atoms with van der Waals surface area (Å²) in [5, 5.41) is 1.56. The van der Waals surface area contributed by atoms with Gasteiger partial charge in [-0.3, -0.25) is 4.98 Å². The molecule has 0 saturated heterocycles. The quantitative estimate of drug-likeness (QED) is 0.652. The van der Waals surface area contributed by atoms with Crippen molar-refractivity contribution in [1.29, 1.82) is 0 Å². The van der Waals surface area contributed by atoms with E-state index in [1.807, 2.05) is 19.1 Å². The van der Waals surface area contributed by atoms with Gasteiger partial charge in [0.25, 0.3) is 0 Å². The maximum Gasteiger partial charge on any atom is 0.0911 e. The van der Waals surface area contributed by atoms with Gasteiger partial charge in [-0.15, -0.1) is 0 Å². The van der Waals surface area contributed by atoms with Crippen LogP contribution in [0.3, 0.4) is 0 Å². The fourth-order valence-corrected chi connectivity index (χ4v) is 1.51. The van der Waals surface area contributed by atoms with Crippen LogP contribution in [0.15, 0.2) is 24.3 Å². The molecular formula is C10H9ClN2. The second-order valence-corrected chi connectivity index (χ2v) is 3.39. The number of nitrogen functional groups attached to an aromatic ring is 1. The Bertz CT molecular complexity index is 466. The van der Waals surface area contributed by atoms with Crippen LogP contribution in [-0.4, -0.2) is 4.98 Å². The highest BCUT2D eigenvalue weighted by atomic mass is 35.5. The Kier molecular flexibility index (Phi) is 1.85. The van der Waals surface area contributed by atoms with Gasteiger partial charge in [-0.05, 0) is 31.2 Å². The van der Waals surface area contributed by atoms with Crippen LogP contribution in [0.5, 0.6) is 0 Å². The van der Waals surface area contributed by atoms with Gasteiger partial charge in [-0.25, -0.2) is 0 Å². The minimum Gasteiger partial charge on any atom is -0.398 e. The number of aromatic nitrogens is 1. The van der Waals surface area contributed by atoms with Crippen LogP contribution in [0, 0.1) is 6.92 Å². The number of nitrogens with two attached hydrogens (primary N) is 1. The Morgan fingerprint density at radius 3 is 2.77 bits per heavy atom. The normalized spacial score (nSPS) is 10.6. The molecule has 2 rings (SSSR count). The van der Waals surface area contributed by atoms with Crippen LogP contribution in [0.25, 0.3) is 10.9 Å². The van der Waals surface area contributed by atoms with E-state index in [0.29, 0.717) is 10.7 Å². The molecule has 1 heterocycles. The first-order valence-corrected chi connectivity index (χ1v) is 4.37. The molecule has 1 aromatic heterocycles. The van der Waals surface area contributed by atoms with E-state index < -0.39 is 0 Å². The topological polar surface area (TPSA) is 38.9 Å². The Hall–Kier alpha value is -1.28. The number of hydrogen-bond donors (Lipinski definition) is 1. The monoisotopic (exact) mass is 192 g/mol. The molecule has 0 bridgehead atoms. The lowest BCUT2D eigenvalue weighted by atomic mass is 10.1. The number of benzene rings is 1.